The highest BCUT2D eigenvalue weighted by Crippen LogP contribution is 2.42. The number of hydrogen-bond acceptors (Lipinski definition) is 4. The number of fused-ring (bicyclic) bond motifs is 1. The highest BCUT2D eigenvalue weighted by Gasteiger charge is 2.49. The van der Waals surface area contributed by atoms with Crippen LogP contribution >= 0.6 is 0 Å². The molecule has 1 amide bonds. The summed E-state index contributed by atoms with van der Waals surface area (Å²) in [5.41, 5.74) is 1.01. The number of benzene rings is 2. The second kappa shape index (κ2) is 5.75. The number of carbonyl (C=O) groups excluding carboxylic acids is 1. The van der Waals surface area contributed by atoms with E-state index in [1.54, 1.807) is 24.3 Å². The molecule has 1 atom stereocenters. The van der Waals surface area contributed by atoms with Gasteiger partial charge < -0.3 is 0 Å². The molecule has 0 aliphatic carbocycles. The fraction of sp³-hybridized carbons (Fsp3) is 0.267. The van der Waals surface area contributed by atoms with Gasteiger partial charge in [0.25, 0.3) is 5.69 Å². The number of carbonyl (C=O) groups is 1. The van der Waals surface area contributed by atoms with Crippen LogP contribution in [0, 0.1) is 10.1 Å². The molecule has 3 rings (SSSR count). The van der Waals surface area contributed by atoms with E-state index in [4.69, 9.17) is 0 Å². The monoisotopic (exact) mass is 339 g/mol. The number of nitro groups is 1. The van der Waals surface area contributed by atoms with Crippen LogP contribution in [0.1, 0.15) is 18.0 Å². The fourth-order valence-corrected chi connectivity index (χ4v) is 2.83. The van der Waals surface area contributed by atoms with E-state index in [9.17, 15) is 28.1 Å². The number of nitrogens with one attached hydrogen (secondary N) is 1. The van der Waals surface area contributed by atoms with Crippen LogP contribution in [-0.4, -0.2) is 28.6 Å². The summed E-state index contributed by atoms with van der Waals surface area (Å²) in [6.45, 7) is -0.174. The molecule has 1 fully saturated rings. The molecule has 9 heteroatoms. The lowest BCUT2D eigenvalue weighted by atomic mass is 9.98. The van der Waals surface area contributed by atoms with E-state index < -0.39 is 34.3 Å². The highest BCUT2D eigenvalue weighted by atomic mass is 19.4. The average molecular weight is 339 g/mol. The van der Waals surface area contributed by atoms with Crippen LogP contribution in [0.5, 0.6) is 0 Å². The minimum atomic E-state index is -4.79. The summed E-state index contributed by atoms with van der Waals surface area (Å²) in [7, 11) is 0. The Kier molecular flexibility index (Phi) is 3.88. The third kappa shape index (κ3) is 2.90. The first-order valence-electron chi connectivity index (χ1n) is 7.07. The van der Waals surface area contributed by atoms with E-state index >= 15 is 0 Å². The van der Waals surface area contributed by atoms with Gasteiger partial charge in [-0.25, -0.2) is 5.01 Å². The molecule has 1 aliphatic heterocycles. The number of amides is 1. The second-order valence-electron chi connectivity index (χ2n) is 5.44. The van der Waals surface area contributed by atoms with E-state index in [1.807, 2.05) is 0 Å². The van der Waals surface area contributed by atoms with E-state index in [1.165, 1.54) is 0 Å². The van der Waals surface area contributed by atoms with E-state index in [0.29, 0.717) is 15.8 Å². The molecule has 126 valence electrons. The zero-order valence-electron chi connectivity index (χ0n) is 12.2. The summed E-state index contributed by atoms with van der Waals surface area (Å²) in [6, 6.07) is 6.46. The molecule has 1 N–H and O–H groups in total. The maximum atomic E-state index is 13.6. The summed E-state index contributed by atoms with van der Waals surface area (Å²) in [5, 5.41) is 12.9. The summed E-state index contributed by atoms with van der Waals surface area (Å²) < 4.78 is 40.8. The summed E-state index contributed by atoms with van der Waals surface area (Å²) >= 11 is 0. The molecule has 1 heterocycles. The molecular formula is C15H12F3N3O3. The van der Waals surface area contributed by atoms with Crippen molar-refractivity contribution in [3.8, 4) is 0 Å². The third-order valence-corrected chi connectivity index (χ3v) is 3.86. The molecule has 0 radical (unpaired) electrons. The van der Waals surface area contributed by atoms with Crippen LogP contribution in [0.25, 0.3) is 10.8 Å². The minimum absolute atomic E-state index is 0.0893. The van der Waals surface area contributed by atoms with Crippen LogP contribution < -0.4 is 5.43 Å². The predicted molar refractivity (Wildman–Crippen MR) is 78.9 cm³/mol. The Labute approximate surface area is 134 Å². The first-order valence-corrected chi connectivity index (χ1v) is 7.07. The third-order valence-electron chi connectivity index (χ3n) is 3.86. The first kappa shape index (κ1) is 16.2. The van der Waals surface area contributed by atoms with Gasteiger partial charge in [-0.3, -0.25) is 20.3 Å². The van der Waals surface area contributed by atoms with Gasteiger partial charge in [0.05, 0.1) is 10.5 Å². The number of rotatable bonds is 3. The van der Waals surface area contributed by atoms with Gasteiger partial charge in [0, 0.05) is 19.0 Å². The Bertz CT molecular complexity index is 822. The Balaban J connectivity index is 2.20. The highest BCUT2D eigenvalue weighted by molar-refractivity contribution is 5.86. The van der Waals surface area contributed by atoms with Gasteiger partial charge in [0.2, 0.25) is 5.91 Å². The molecule has 0 aromatic heterocycles. The van der Waals surface area contributed by atoms with Crippen molar-refractivity contribution in [2.24, 2.45) is 0 Å². The minimum Gasteiger partial charge on any atom is -0.288 e. The normalized spacial score (nSPS) is 17.0. The number of halogens is 3. The van der Waals surface area contributed by atoms with Crippen molar-refractivity contribution in [3.63, 3.8) is 0 Å². The molecule has 6 nitrogen and oxygen atoms in total. The lowest BCUT2D eigenvalue weighted by Gasteiger charge is -2.29. The van der Waals surface area contributed by atoms with Gasteiger partial charge in [0.1, 0.15) is 0 Å². The molecule has 2 aromatic carbocycles. The van der Waals surface area contributed by atoms with Gasteiger partial charge in [-0.15, -0.1) is 0 Å². The largest absolute Gasteiger partial charge is 0.410 e. The van der Waals surface area contributed by atoms with Gasteiger partial charge in [-0.1, -0.05) is 24.3 Å². The van der Waals surface area contributed by atoms with Gasteiger partial charge in [-0.05, 0) is 16.8 Å². The predicted octanol–water partition coefficient (Wildman–Crippen LogP) is 3.09. The van der Waals surface area contributed by atoms with Crippen LogP contribution in [0.15, 0.2) is 36.4 Å². The Hall–Kier alpha value is -2.68. The summed E-state index contributed by atoms with van der Waals surface area (Å²) in [6.07, 6.45) is -4.88. The number of hydrazine groups is 1. The van der Waals surface area contributed by atoms with Crippen LogP contribution in [0.2, 0.25) is 0 Å². The second-order valence-corrected chi connectivity index (χ2v) is 5.44. The number of hydrogen-bond donors (Lipinski definition) is 1. The van der Waals surface area contributed by atoms with Crippen molar-refractivity contribution in [1.82, 2.24) is 10.4 Å². The van der Waals surface area contributed by atoms with Crippen LogP contribution in [-0.2, 0) is 4.79 Å². The molecule has 0 saturated carbocycles. The Morgan fingerprint density at radius 2 is 1.83 bits per heavy atom. The Morgan fingerprint density at radius 1 is 1.21 bits per heavy atom. The molecule has 0 spiro atoms. The van der Waals surface area contributed by atoms with E-state index in [-0.39, 0.29) is 13.0 Å². The van der Waals surface area contributed by atoms with Crippen molar-refractivity contribution < 1.29 is 22.9 Å². The van der Waals surface area contributed by atoms with Gasteiger partial charge in [0.15, 0.2) is 6.04 Å². The molecule has 1 unspecified atom stereocenters. The fourth-order valence-electron chi connectivity index (χ4n) is 2.83. The molecule has 1 saturated heterocycles. The first-order chi connectivity index (χ1) is 11.3. The van der Waals surface area contributed by atoms with Crippen LogP contribution in [0.4, 0.5) is 18.9 Å². The van der Waals surface area contributed by atoms with Crippen molar-refractivity contribution in [2.75, 3.05) is 6.54 Å². The summed E-state index contributed by atoms with van der Waals surface area (Å²) in [4.78, 5) is 21.8. The van der Waals surface area contributed by atoms with E-state index in [0.717, 1.165) is 12.1 Å². The standard InChI is InChI=1S/C15H12F3N3O3/c16-15(17,18)14(20-6-5-13(22)19-20)11-7-9-3-1-2-4-10(9)8-12(11)21(23)24/h1-4,7-8,14H,5-6H2,(H,19,22). The molecular weight excluding hydrogens is 327 g/mol. The van der Waals surface area contributed by atoms with E-state index in [2.05, 4.69) is 5.43 Å². The van der Waals surface area contributed by atoms with Crippen molar-refractivity contribution in [1.29, 1.82) is 0 Å². The lowest BCUT2D eigenvalue weighted by Crippen LogP contribution is -2.43. The molecule has 24 heavy (non-hydrogen) atoms. The molecule has 1 aliphatic rings. The SMILES string of the molecule is O=C1CCN(C(c2cc3ccccc3cc2[N+](=O)[O-])C(F)(F)F)N1. The van der Waals surface area contributed by atoms with Crippen molar-refractivity contribution in [3.05, 3.63) is 52.1 Å². The summed E-state index contributed by atoms with van der Waals surface area (Å²) in [5.74, 6) is -0.548. The smallest absolute Gasteiger partial charge is 0.288 e. The Morgan fingerprint density at radius 3 is 2.33 bits per heavy atom. The zero-order valence-corrected chi connectivity index (χ0v) is 12.2. The quantitative estimate of drug-likeness (QED) is 0.689. The molecule has 0 bridgehead atoms. The number of nitro benzene ring substituents is 1. The molecule has 2 aromatic rings. The van der Waals surface area contributed by atoms with Gasteiger partial charge in [-0.2, -0.15) is 13.2 Å². The average Bonchev–Trinajstić information content (AvgIpc) is 2.91. The van der Waals surface area contributed by atoms with Crippen molar-refractivity contribution >= 4 is 22.4 Å². The van der Waals surface area contributed by atoms with Crippen molar-refractivity contribution in [2.45, 2.75) is 18.6 Å². The van der Waals surface area contributed by atoms with Crippen LogP contribution in [0.3, 0.4) is 0 Å². The number of alkyl halides is 3. The maximum Gasteiger partial charge on any atom is 0.410 e. The van der Waals surface area contributed by atoms with Gasteiger partial charge >= 0.3 is 6.18 Å². The number of nitrogens with zero attached hydrogens (tertiary/aromatic N) is 2. The lowest BCUT2D eigenvalue weighted by molar-refractivity contribution is -0.386. The topological polar surface area (TPSA) is 75.5 Å². The maximum absolute atomic E-state index is 13.6. The zero-order chi connectivity index (χ0) is 17.5.